The highest BCUT2D eigenvalue weighted by Crippen LogP contribution is 2.45. The van der Waals surface area contributed by atoms with Gasteiger partial charge in [-0.1, -0.05) is 36.0 Å². The molecular formula is C31H35N3OS+2. The summed E-state index contributed by atoms with van der Waals surface area (Å²) in [6.07, 6.45) is 3.36. The third kappa shape index (κ3) is 5.13. The number of thioether (sulfide) groups is 1. The number of hydrogen-bond donors (Lipinski definition) is 0. The number of aryl methyl sites for hydroxylation is 1. The van der Waals surface area contributed by atoms with Gasteiger partial charge in [0.2, 0.25) is 11.2 Å². The predicted molar refractivity (Wildman–Crippen MR) is 152 cm³/mol. The van der Waals surface area contributed by atoms with Crippen molar-refractivity contribution in [2.75, 3.05) is 46.2 Å². The van der Waals surface area contributed by atoms with Crippen LogP contribution < -0.4 is 14.2 Å². The molecule has 1 aromatic heterocycles. The number of quaternary nitrogens is 1. The maximum Gasteiger partial charge on any atom is 0.219 e. The summed E-state index contributed by atoms with van der Waals surface area (Å²) in [5.74, 6) is 0.921. The molecule has 0 aliphatic carbocycles. The van der Waals surface area contributed by atoms with E-state index in [-0.39, 0.29) is 0 Å². The van der Waals surface area contributed by atoms with E-state index in [2.05, 4.69) is 130 Å². The van der Waals surface area contributed by atoms with Gasteiger partial charge in [0.15, 0.2) is 5.69 Å². The molecule has 184 valence electrons. The Morgan fingerprint density at radius 2 is 1.67 bits per heavy atom. The molecule has 3 aromatic carbocycles. The summed E-state index contributed by atoms with van der Waals surface area (Å²) in [5, 5.41) is 2.48. The second-order valence-electron chi connectivity index (χ2n) is 10.4. The lowest BCUT2D eigenvalue weighted by Gasteiger charge is -2.23. The second-order valence-corrected chi connectivity index (χ2v) is 11.5. The number of hydrogen-bond acceptors (Lipinski definition) is 3. The number of benzene rings is 3. The molecule has 1 aliphatic rings. The number of anilines is 1. The summed E-state index contributed by atoms with van der Waals surface area (Å²) in [7, 11) is 8.79. The Labute approximate surface area is 219 Å². The van der Waals surface area contributed by atoms with Gasteiger partial charge in [-0.25, -0.2) is 0 Å². The molecule has 2 heterocycles. The van der Waals surface area contributed by atoms with E-state index in [0.29, 0.717) is 0 Å². The van der Waals surface area contributed by atoms with Gasteiger partial charge in [0.05, 0.1) is 50.4 Å². The Balaban J connectivity index is 1.43. The van der Waals surface area contributed by atoms with Crippen LogP contribution in [0.15, 0.2) is 88.8 Å². The molecule has 4 nitrogen and oxygen atoms in total. The Hall–Kier alpha value is -3.28. The molecule has 0 atom stereocenters. The molecule has 5 rings (SSSR count). The fourth-order valence-corrected chi connectivity index (χ4v) is 5.83. The quantitative estimate of drug-likeness (QED) is 0.166. The lowest BCUT2D eigenvalue weighted by atomic mass is 10.1. The molecule has 0 saturated carbocycles. The third-order valence-corrected chi connectivity index (χ3v) is 7.73. The van der Waals surface area contributed by atoms with Crippen LogP contribution in [-0.4, -0.2) is 45.8 Å². The number of para-hydroxylation sites is 2. The van der Waals surface area contributed by atoms with E-state index >= 15 is 0 Å². The topological polar surface area (TPSA) is 16.4 Å². The lowest BCUT2D eigenvalue weighted by Crippen LogP contribution is -2.36. The first-order chi connectivity index (χ1) is 17.3. The first kappa shape index (κ1) is 24.4. The van der Waals surface area contributed by atoms with Gasteiger partial charge in [-0.15, -0.1) is 0 Å². The number of rotatable bonds is 7. The summed E-state index contributed by atoms with van der Waals surface area (Å²) in [6, 6.07) is 28.0. The van der Waals surface area contributed by atoms with Crippen molar-refractivity contribution in [2.24, 2.45) is 0 Å². The van der Waals surface area contributed by atoms with Crippen molar-refractivity contribution < 1.29 is 13.8 Å². The minimum Gasteiger partial charge on any atom is -0.493 e. The molecule has 0 amide bonds. The summed E-state index contributed by atoms with van der Waals surface area (Å²) in [5.41, 5.74) is 6.03. The number of aromatic nitrogens is 1. The van der Waals surface area contributed by atoms with Gasteiger partial charge in [0, 0.05) is 49.6 Å². The van der Waals surface area contributed by atoms with Crippen molar-refractivity contribution in [1.82, 2.24) is 0 Å². The monoisotopic (exact) mass is 497 g/mol. The van der Waals surface area contributed by atoms with Crippen LogP contribution in [0.2, 0.25) is 0 Å². The second kappa shape index (κ2) is 10.00. The minimum atomic E-state index is 0.740. The Morgan fingerprint density at radius 3 is 2.42 bits per heavy atom. The molecule has 0 radical (unpaired) electrons. The average molecular weight is 498 g/mol. The maximum atomic E-state index is 6.01. The maximum absolute atomic E-state index is 6.01. The van der Waals surface area contributed by atoms with Gasteiger partial charge >= 0.3 is 0 Å². The largest absolute Gasteiger partial charge is 0.493 e. The Bertz CT molecular complexity index is 1420. The third-order valence-electron chi connectivity index (χ3n) is 6.56. The van der Waals surface area contributed by atoms with Crippen molar-refractivity contribution in [1.29, 1.82) is 0 Å². The molecular weight excluding hydrogens is 462 g/mol. The van der Waals surface area contributed by atoms with E-state index in [0.717, 1.165) is 35.5 Å². The Kier molecular flexibility index (Phi) is 6.78. The zero-order valence-electron chi connectivity index (χ0n) is 21.9. The fourth-order valence-electron chi connectivity index (χ4n) is 4.73. The lowest BCUT2D eigenvalue weighted by molar-refractivity contribution is -0.870. The molecule has 36 heavy (non-hydrogen) atoms. The standard InChI is InChI=1S/C31H35N3OS/c1-23-21-24(22-31-32(2)29-13-8-9-14-30(29)36-31)27-11-6-7-12-28(27)33(23)25-15-17-26(18-16-25)35-20-10-19-34(3,4)5/h6-9,11-18,21-22H,10,19-20H2,1-5H3/q+2. The van der Waals surface area contributed by atoms with Crippen LogP contribution in [0, 0.1) is 6.92 Å². The van der Waals surface area contributed by atoms with Crippen LogP contribution in [0.25, 0.3) is 22.7 Å². The molecule has 4 aromatic rings. The van der Waals surface area contributed by atoms with E-state index < -0.39 is 0 Å². The molecule has 0 N–H and O–H groups in total. The molecule has 0 bridgehead atoms. The summed E-state index contributed by atoms with van der Waals surface area (Å²) >= 11 is 1.83. The summed E-state index contributed by atoms with van der Waals surface area (Å²) < 4.78 is 9.30. The van der Waals surface area contributed by atoms with E-state index in [1.807, 2.05) is 11.8 Å². The van der Waals surface area contributed by atoms with Gasteiger partial charge in [-0.2, -0.15) is 4.57 Å². The highest BCUT2D eigenvalue weighted by Gasteiger charge is 2.23. The normalized spacial score (nSPS) is 14.5. The van der Waals surface area contributed by atoms with Gasteiger partial charge in [-0.05, 0) is 42.0 Å². The molecule has 0 saturated heterocycles. The van der Waals surface area contributed by atoms with Crippen LogP contribution >= 0.6 is 11.8 Å². The van der Waals surface area contributed by atoms with Crippen molar-refractivity contribution in [2.45, 2.75) is 18.2 Å². The SMILES string of the molecule is Cc1cc(C=C2Sc3ccccc3N2C)c2ccccc2[n+]1-c1ccc(OCCC[N+](C)(C)C)cc1. The van der Waals surface area contributed by atoms with Crippen LogP contribution in [0.4, 0.5) is 5.69 Å². The highest BCUT2D eigenvalue weighted by molar-refractivity contribution is 8.03. The van der Waals surface area contributed by atoms with Crippen molar-refractivity contribution >= 4 is 34.4 Å². The minimum absolute atomic E-state index is 0.740. The number of fused-ring (bicyclic) bond motifs is 2. The van der Waals surface area contributed by atoms with E-state index in [4.69, 9.17) is 4.74 Å². The van der Waals surface area contributed by atoms with E-state index in [1.54, 1.807) is 0 Å². The molecule has 0 fully saturated rings. The van der Waals surface area contributed by atoms with Crippen molar-refractivity contribution in [3.05, 3.63) is 95.1 Å². The summed E-state index contributed by atoms with van der Waals surface area (Å²) in [4.78, 5) is 3.59. The predicted octanol–water partition coefficient (Wildman–Crippen LogP) is 6.44. The van der Waals surface area contributed by atoms with Gasteiger partial charge in [-0.3, -0.25) is 0 Å². The van der Waals surface area contributed by atoms with Crippen LogP contribution in [-0.2, 0) is 0 Å². The Morgan fingerprint density at radius 1 is 0.944 bits per heavy atom. The summed E-state index contributed by atoms with van der Waals surface area (Å²) in [6.45, 7) is 4.02. The number of ether oxygens (including phenoxy) is 1. The zero-order chi connectivity index (χ0) is 25.3. The molecule has 1 aliphatic heterocycles. The molecule has 0 spiro atoms. The van der Waals surface area contributed by atoms with Crippen LogP contribution in [0.3, 0.4) is 0 Å². The molecule has 0 unspecified atom stereocenters. The first-order valence-corrected chi connectivity index (χ1v) is 13.3. The smallest absolute Gasteiger partial charge is 0.219 e. The fraction of sp³-hybridized carbons (Fsp3) is 0.258. The number of pyridine rings is 1. The van der Waals surface area contributed by atoms with Gasteiger partial charge < -0.3 is 14.1 Å². The van der Waals surface area contributed by atoms with Crippen molar-refractivity contribution in [3.63, 3.8) is 0 Å². The molecule has 5 heteroatoms. The van der Waals surface area contributed by atoms with Crippen molar-refractivity contribution in [3.8, 4) is 11.4 Å². The highest BCUT2D eigenvalue weighted by atomic mass is 32.2. The zero-order valence-corrected chi connectivity index (χ0v) is 22.7. The van der Waals surface area contributed by atoms with Gasteiger partial charge in [0.25, 0.3) is 0 Å². The van der Waals surface area contributed by atoms with E-state index in [1.165, 1.54) is 37.8 Å². The van der Waals surface area contributed by atoms with E-state index in [9.17, 15) is 0 Å². The van der Waals surface area contributed by atoms with Gasteiger partial charge in [0.1, 0.15) is 5.75 Å². The average Bonchev–Trinajstić information content (AvgIpc) is 3.17. The van der Waals surface area contributed by atoms with Crippen LogP contribution in [0.5, 0.6) is 5.75 Å². The van der Waals surface area contributed by atoms with Crippen LogP contribution in [0.1, 0.15) is 17.7 Å². The first-order valence-electron chi connectivity index (χ1n) is 12.5. The number of nitrogens with zero attached hydrogens (tertiary/aromatic N) is 3.